The van der Waals surface area contributed by atoms with Gasteiger partial charge in [-0.05, 0) is 12.1 Å². The lowest BCUT2D eigenvalue weighted by Crippen LogP contribution is -2.32. The maximum atomic E-state index is 11.5. The van der Waals surface area contributed by atoms with Crippen molar-refractivity contribution in [3.05, 3.63) is 28.7 Å². The van der Waals surface area contributed by atoms with Crippen LogP contribution in [0.2, 0.25) is 0 Å². The lowest BCUT2D eigenvalue weighted by Gasteiger charge is -2.29. The van der Waals surface area contributed by atoms with Gasteiger partial charge in [0, 0.05) is 18.8 Å². The molecular formula is C11H15N2O3-. The van der Waals surface area contributed by atoms with Gasteiger partial charge >= 0.3 is 0 Å². The highest BCUT2D eigenvalue weighted by Crippen LogP contribution is 2.08. The Kier molecular flexibility index (Phi) is 3.37. The minimum atomic E-state index is -0.754. The summed E-state index contributed by atoms with van der Waals surface area (Å²) in [5.74, 6) is 0. The van der Waals surface area contributed by atoms with Crippen LogP contribution in [0.4, 0.5) is 5.69 Å². The van der Waals surface area contributed by atoms with Gasteiger partial charge in [-0.1, -0.05) is 20.8 Å². The first kappa shape index (κ1) is 12.3. The van der Waals surface area contributed by atoms with Crippen molar-refractivity contribution in [3.63, 3.8) is 0 Å². The van der Waals surface area contributed by atoms with Crippen molar-refractivity contribution < 1.29 is 9.84 Å². The molecule has 0 aliphatic rings. The highest BCUT2D eigenvalue weighted by molar-refractivity contribution is 5.66. The van der Waals surface area contributed by atoms with Crippen LogP contribution in [0.25, 0.3) is 0 Å². The zero-order valence-corrected chi connectivity index (χ0v) is 9.85. The molecule has 88 valence electrons. The second-order valence-electron chi connectivity index (χ2n) is 4.40. The largest absolute Gasteiger partial charge is 0.594 e. The summed E-state index contributed by atoms with van der Waals surface area (Å²) in [6.45, 7) is 5.22. The fourth-order valence-electron chi connectivity index (χ4n) is 1.05. The number of hydrogen-bond donors (Lipinski definition) is 0. The Morgan fingerprint density at radius 1 is 1.50 bits per heavy atom. The van der Waals surface area contributed by atoms with Crippen LogP contribution in [-0.2, 0) is 11.8 Å². The average Bonchev–Trinajstić information content (AvgIpc) is 2.09. The highest BCUT2D eigenvalue weighted by atomic mass is 16.6. The fraction of sp³-hybridized carbons (Fsp3) is 0.455. The Morgan fingerprint density at radius 2 is 2.12 bits per heavy atom. The zero-order valence-electron chi connectivity index (χ0n) is 9.85. The molecule has 0 saturated heterocycles. The van der Waals surface area contributed by atoms with Crippen LogP contribution in [0.1, 0.15) is 20.8 Å². The lowest BCUT2D eigenvalue weighted by atomic mass is 10.2. The summed E-state index contributed by atoms with van der Waals surface area (Å²) in [6.07, 6.45) is 0.840. The summed E-state index contributed by atoms with van der Waals surface area (Å²) >= 11 is 0. The first-order valence-electron chi connectivity index (χ1n) is 4.90. The van der Waals surface area contributed by atoms with E-state index in [0.29, 0.717) is 0 Å². The molecule has 0 aromatic carbocycles. The number of pyridine rings is 1. The number of nitrogens with zero attached hydrogens (tertiary/aromatic N) is 2. The molecule has 0 saturated carbocycles. The van der Waals surface area contributed by atoms with E-state index in [9.17, 15) is 9.90 Å². The fourth-order valence-corrected chi connectivity index (χ4v) is 1.05. The molecule has 0 atom stereocenters. The lowest BCUT2D eigenvalue weighted by molar-refractivity contribution is -0.259. The summed E-state index contributed by atoms with van der Waals surface area (Å²) in [6, 6.07) is 3.12. The number of aliphatic imine (C=N–C) groups is 1. The normalized spacial score (nSPS) is 12.6. The Balaban J connectivity index is 2.99. The minimum absolute atomic E-state index is 0.0826. The number of ether oxygens (including phenoxy) is 1. The Morgan fingerprint density at radius 3 is 2.69 bits per heavy atom. The van der Waals surface area contributed by atoms with Crippen LogP contribution in [-0.4, -0.2) is 16.3 Å². The molecule has 0 bridgehead atoms. The molecule has 0 N–H and O–H groups in total. The van der Waals surface area contributed by atoms with Crippen molar-refractivity contribution in [1.29, 1.82) is 0 Å². The van der Waals surface area contributed by atoms with E-state index in [2.05, 4.69) is 4.99 Å². The van der Waals surface area contributed by atoms with Crippen molar-refractivity contribution in [2.75, 3.05) is 0 Å². The summed E-state index contributed by atoms with van der Waals surface area (Å²) in [5, 5.41) is 11.4. The first-order chi connectivity index (χ1) is 7.29. The molecule has 1 rings (SSSR count). The molecule has 16 heavy (non-hydrogen) atoms. The SMILES string of the molecule is Cn1cccc(N=C([O-])OC(C)(C)C)c1=O. The summed E-state index contributed by atoms with van der Waals surface area (Å²) in [4.78, 5) is 15.1. The molecule has 1 heterocycles. The van der Waals surface area contributed by atoms with Gasteiger partial charge in [-0.3, -0.25) is 4.79 Å². The summed E-state index contributed by atoms with van der Waals surface area (Å²) in [7, 11) is 1.59. The van der Waals surface area contributed by atoms with E-state index >= 15 is 0 Å². The second kappa shape index (κ2) is 4.38. The Bertz CT molecular complexity index is 455. The molecule has 5 nitrogen and oxygen atoms in total. The molecule has 5 heteroatoms. The van der Waals surface area contributed by atoms with E-state index in [4.69, 9.17) is 4.74 Å². The zero-order chi connectivity index (χ0) is 12.3. The van der Waals surface area contributed by atoms with Gasteiger partial charge in [0.15, 0.2) is 6.08 Å². The Labute approximate surface area is 94.0 Å². The van der Waals surface area contributed by atoms with E-state index < -0.39 is 11.7 Å². The third-order valence-electron chi connectivity index (χ3n) is 1.71. The van der Waals surface area contributed by atoms with E-state index in [0.717, 1.165) is 0 Å². The van der Waals surface area contributed by atoms with Gasteiger partial charge in [-0.15, -0.1) is 0 Å². The average molecular weight is 223 g/mol. The predicted molar refractivity (Wildman–Crippen MR) is 59.6 cm³/mol. The Hall–Kier alpha value is -1.78. The van der Waals surface area contributed by atoms with Gasteiger partial charge in [0.2, 0.25) is 0 Å². The monoisotopic (exact) mass is 223 g/mol. The molecule has 1 aromatic rings. The van der Waals surface area contributed by atoms with Crippen LogP contribution in [0.3, 0.4) is 0 Å². The summed E-state index contributed by atoms with van der Waals surface area (Å²) in [5.41, 5.74) is -0.853. The standard InChI is InChI=1S/C11H16N2O3/c1-11(2,3)16-10(15)12-8-6-5-7-13(4)9(8)14/h5-7H,1-4H3,(H,12,15)/p-1. The van der Waals surface area contributed by atoms with Crippen LogP contribution in [0.15, 0.2) is 28.1 Å². The van der Waals surface area contributed by atoms with Gasteiger partial charge in [0.05, 0.1) is 0 Å². The van der Waals surface area contributed by atoms with Crippen molar-refractivity contribution in [3.8, 4) is 0 Å². The third-order valence-corrected chi connectivity index (χ3v) is 1.71. The number of aryl methyl sites for hydroxylation is 1. The molecular weight excluding hydrogens is 208 g/mol. The molecule has 0 amide bonds. The van der Waals surface area contributed by atoms with Gasteiger partial charge in [-0.2, -0.15) is 0 Å². The van der Waals surface area contributed by atoms with Crippen molar-refractivity contribution in [1.82, 2.24) is 4.57 Å². The summed E-state index contributed by atoms with van der Waals surface area (Å²) < 4.78 is 6.33. The maximum Gasteiger partial charge on any atom is 0.276 e. The van der Waals surface area contributed by atoms with Gasteiger partial charge in [-0.25, -0.2) is 4.99 Å². The number of aromatic nitrogens is 1. The van der Waals surface area contributed by atoms with Crippen molar-refractivity contribution in [2.45, 2.75) is 26.4 Å². The first-order valence-corrected chi connectivity index (χ1v) is 4.90. The number of rotatable bonds is 1. The molecule has 0 unspecified atom stereocenters. The molecule has 0 spiro atoms. The van der Waals surface area contributed by atoms with Gasteiger partial charge in [0.25, 0.3) is 5.56 Å². The molecule has 1 aromatic heterocycles. The van der Waals surface area contributed by atoms with E-state index in [-0.39, 0.29) is 11.2 Å². The highest BCUT2D eigenvalue weighted by Gasteiger charge is 2.05. The van der Waals surface area contributed by atoms with Crippen molar-refractivity contribution >= 4 is 11.8 Å². The predicted octanol–water partition coefficient (Wildman–Crippen LogP) is 0.548. The van der Waals surface area contributed by atoms with E-state index in [1.165, 1.54) is 10.6 Å². The third kappa shape index (κ3) is 3.42. The van der Waals surface area contributed by atoms with Crippen LogP contribution >= 0.6 is 0 Å². The topological polar surface area (TPSA) is 66.7 Å². The molecule has 0 fully saturated rings. The molecule has 0 aliphatic heterocycles. The maximum absolute atomic E-state index is 11.5. The molecule has 0 aliphatic carbocycles. The van der Waals surface area contributed by atoms with Crippen LogP contribution in [0.5, 0.6) is 0 Å². The van der Waals surface area contributed by atoms with Gasteiger partial charge in [0.1, 0.15) is 5.69 Å². The van der Waals surface area contributed by atoms with Crippen LogP contribution < -0.4 is 10.7 Å². The molecule has 0 radical (unpaired) electrons. The second-order valence-corrected chi connectivity index (χ2v) is 4.40. The van der Waals surface area contributed by atoms with Crippen LogP contribution in [0, 0.1) is 0 Å². The smallest absolute Gasteiger partial charge is 0.276 e. The van der Waals surface area contributed by atoms with E-state index in [1.807, 2.05) is 0 Å². The quantitative estimate of drug-likeness (QED) is 0.515. The number of hydrogen-bond acceptors (Lipinski definition) is 4. The minimum Gasteiger partial charge on any atom is -0.594 e. The van der Waals surface area contributed by atoms with Gasteiger partial charge < -0.3 is 14.4 Å². The van der Waals surface area contributed by atoms with Crippen molar-refractivity contribution in [2.24, 2.45) is 12.0 Å². The van der Waals surface area contributed by atoms with E-state index in [1.54, 1.807) is 40.1 Å².